The molecule has 1 fully saturated rings. The number of likely N-dealkylation sites (tertiary alicyclic amines) is 1. The van der Waals surface area contributed by atoms with Crippen molar-refractivity contribution >= 4 is 28.9 Å². The molecule has 2 amide bonds. The SMILES string of the molecule is CC(=O)c1ccc(C(=O)N2CCC(C(N)=O)CC2)s1. The molecule has 2 heterocycles. The van der Waals surface area contributed by atoms with Crippen molar-refractivity contribution < 1.29 is 14.4 Å². The lowest BCUT2D eigenvalue weighted by atomic mass is 9.96. The third kappa shape index (κ3) is 3.01. The third-order valence-corrected chi connectivity index (χ3v) is 4.52. The summed E-state index contributed by atoms with van der Waals surface area (Å²) >= 11 is 1.22. The van der Waals surface area contributed by atoms with Crippen LogP contribution < -0.4 is 5.73 Å². The largest absolute Gasteiger partial charge is 0.369 e. The summed E-state index contributed by atoms with van der Waals surface area (Å²) in [5, 5.41) is 0. The number of hydrogen-bond acceptors (Lipinski definition) is 4. The number of primary amides is 1. The van der Waals surface area contributed by atoms with Crippen LogP contribution in [0.1, 0.15) is 39.1 Å². The van der Waals surface area contributed by atoms with Gasteiger partial charge < -0.3 is 10.6 Å². The van der Waals surface area contributed by atoms with Crippen LogP contribution in [0.2, 0.25) is 0 Å². The topological polar surface area (TPSA) is 80.5 Å². The molecule has 1 saturated heterocycles. The van der Waals surface area contributed by atoms with Gasteiger partial charge in [0.2, 0.25) is 5.91 Å². The number of hydrogen-bond donors (Lipinski definition) is 1. The van der Waals surface area contributed by atoms with Gasteiger partial charge in [0, 0.05) is 19.0 Å². The van der Waals surface area contributed by atoms with Crippen LogP contribution in [0.15, 0.2) is 12.1 Å². The molecular formula is C13H16N2O3S. The Kier molecular flexibility index (Phi) is 3.99. The van der Waals surface area contributed by atoms with Gasteiger partial charge in [-0.2, -0.15) is 0 Å². The predicted octanol–water partition coefficient (Wildman–Crippen LogP) is 1.29. The van der Waals surface area contributed by atoms with Gasteiger partial charge in [0.25, 0.3) is 5.91 Å². The van der Waals surface area contributed by atoms with Crippen molar-refractivity contribution in [2.75, 3.05) is 13.1 Å². The molecule has 0 bridgehead atoms. The molecule has 0 aromatic carbocycles. The zero-order valence-corrected chi connectivity index (χ0v) is 11.5. The molecule has 2 N–H and O–H groups in total. The summed E-state index contributed by atoms with van der Waals surface area (Å²) in [6.45, 7) is 2.57. The molecule has 1 aliphatic heterocycles. The van der Waals surface area contributed by atoms with E-state index < -0.39 is 0 Å². The summed E-state index contributed by atoms with van der Waals surface area (Å²) in [4.78, 5) is 37.4. The van der Waals surface area contributed by atoms with Crippen LogP contribution in [-0.2, 0) is 4.79 Å². The second kappa shape index (κ2) is 5.52. The summed E-state index contributed by atoms with van der Waals surface area (Å²) in [6.07, 6.45) is 1.23. The van der Waals surface area contributed by atoms with Crippen molar-refractivity contribution in [2.24, 2.45) is 11.7 Å². The Hall–Kier alpha value is -1.69. The van der Waals surface area contributed by atoms with E-state index in [4.69, 9.17) is 5.73 Å². The van der Waals surface area contributed by atoms with Gasteiger partial charge in [-0.05, 0) is 31.9 Å². The summed E-state index contributed by atoms with van der Waals surface area (Å²) in [5.41, 5.74) is 5.26. The van der Waals surface area contributed by atoms with E-state index in [2.05, 4.69) is 0 Å². The molecule has 5 nitrogen and oxygen atoms in total. The lowest BCUT2D eigenvalue weighted by Crippen LogP contribution is -2.41. The number of amides is 2. The van der Waals surface area contributed by atoms with Crippen molar-refractivity contribution in [3.8, 4) is 0 Å². The van der Waals surface area contributed by atoms with E-state index >= 15 is 0 Å². The van der Waals surface area contributed by atoms with E-state index in [1.807, 2.05) is 0 Å². The lowest BCUT2D eigenvalue weighted by molar-refractivity contribution is -0.123. The summed E-state index contributed by atoms with van der Waals surface area (Å²) in [7, 11) is 0. The molecule has 0 aliphatic carbocycles. The van der Waals surface area contributed by atoms with E-state index in [1.54, 1.807) is 17.0 Å². The third-order valence-electron chi connectivity index (χ3n) is 3.35. The van der Waals surface area contributed by atoms with Crippen LogP contribution in [0.4, 0.5) is 0 Å². The normalized spacial score (nSPS) is 16.4. The number of carbonyl (C=O) groups excluding carboxylic acids is 3. The van der Waals surface area contributed by atoms with Crippen molar-refractivity contribution in [3.05, 3.63) is 21.9 Å². The second-order valence-electron chi connectivity index (χ2n) is 4.69. The first-order chi connectivity index (χ1) is 8.99. The fourth-order valence-corrected chi connectivity index (χ4v) is 3.03. The zero-order chi connectivity index (χ0) is 14.0. The Labute approximate surface area is 115 Å². The number of piperidine rings is 1. The molecule has 0 spiro atoms. The minimum absolute atomic E-state index is 0.0310. The molecule has 102 valence electrons. The maximum absolute atomic E-state index is 12.2. The Bertz CT molecular complexity index is 516. The van der Waals surface area contributed by atoms with Gasteiger partial charge in [0.15, 0.2) is 5.78 Å². The Morgan fingerprint density at radius 1 is 1.21 bits per heavy atom. The van der Waals surface area contributed by atoms with Gasteiger partial charge >= 0.3 is 0 Å². The first-order valence-electron chi connectivity index (χ1n) is 6.18. The van der Waals surface area contributed by atoms with E-state index in [0.29, 0.717) is 35.7 Å². The van der Waals surface area contributed by atoms with Crippen LogP contribution in [0.25, 0.3) is 0 Å². The molecule has 0 saturated carbocycles. The fraction of sp³-hybridized carbons (Fsp3) is 0.462. The first-order valence-corrected chi connectivity index (χ1v) is 7.00. The second-order valence-corrected chi connectivity index (χ2v) is 5.77. The Balaban J connectivity index is 2.01. The van der Waals surface area contributed by atoms with Crippen molar-refractivity contribution in [2.45, 2.75) is 19.8 Å². The van der Waals surface area contributed by atoms with Gasteiger partial charge in [-0.3, -0.25) is 14.4 Å². The van der Waals surface area contributed by atoms with Crippen LogP contribution in [-0.4, -0.2) is 35.6 Å². The van der Waals surface area contributed by atoms with Crippen molar-refractivity contribution in [3.63, 3.8) is 0 Å². The summed E-state index contributed by atoms with van der Waals surface area (Å²) < 4.78 is 0. The van der Waals surface area contributed by atoms with E-state index in [9.17, 15) is 14.4 Å². The van der Waals surface area contributed by atoms with E-state index in [-0.39, 0.29) is 23.5 Å². The zero-order valence-electron chi connectivity index (χ0n) is 10.7. The van der Waals surface area contributed by atoms with Gasteiger partial charge in [-0.25, -0.2) is 0 Å². The van der Waals surface area contributed by atoms with Crippen LogP contribution >= 0.6 is 11.3 Å². The highest BCUT2D eigenvalue weighted by Gasteiger charge is 2.27. The van der Waals surface area contributed by atoms with Crippen LogP contribution in [0.3, 0.4) is 0 Å². The molecule has 6 heteroatoms. The molecule has 1 aromatic rings. The number of nitrogens with two attached hydrogens (primary N) is 1. The fourth-order valence-electron chi connectivity index (χ4n) is 2.16. The quantitative estimate of drug-likeness (QED) is 0.847. The highest BCUT2D eigenvalue weighted by Crippen LogP contribution is 2.22. The minimum Gasteiger partial charge on any atom is -0.369 e. The van der Waals surface area contributed by atoms with Gasteiger partial charge in [-0.15, -0.1) is 11.3 Å². The number of thiophene rings is 1. The molecule has 19 heavy (non-hydrogen) atoms. The van der Waals surface area contributed by atoms with E-state index in [1.165, 1.54) is 18.3 Å². The Morgan fingerprint density at radius 3 is 2.26 bits per heavy atom. The maximum atomic E-state index is 12.2. The molecule has 0 radical (unpaired) electrons. The molecule has 2 rings (SSSR count). The number of nitrogens with zero attached hydrogens (tertiary/aromatic N) is 1. The number of carbonyl (C=O) groups is 3. The summed E-state index contributed by atoms with van der Waals surface area (Å²) in [6, 6.07) is 3.36. The smallest absolute Gasteiger partial charge is 0.263 e. The standard InChI is InChI=1S/C13H16N2O3S/c1-8(16)10-2-3-11(19-10)13(18)15-6-4-9(5-7-15)12(14)17/h2-3,9H,4-7H2,1H3,(H2,14,17). The average Bonchev–Trinajstić information content (AvgIpc) is 2.87. The van der Waals surface area contributed by atoms with Crippen LogP contribution in [0, 0.1) is 5.92 Å². The first kappa shape index (κ1) is 13.7. The summed E-state index contributed by atoms with van der Waals surface area (Å²) in [5.74, 6) is -0.515. The van der Waals surface area contributed by atoms with Crippen LogP contribution in [0.5, 0.6) is 0 Å². The minimum atomic E-state index is -0.290. The average molecular weight is 280 g/mol. The molecule has 1 aromatic heterocycles. The highest BCUT2D eigenvalue weighted by atomic mass is 32.1. The predicted molar refractivity (Wildman–Crippen MR) is 72.1 cm³/mol. The molecule has 1 aliphatic rings. The van der Waals surface area contributed by atoms with Crippen molar-refractivity contribution in [1.82, 2.24) is 4.90 Å². The van der Waals surface area contributed by atoms with Crippen molar-refractivity contribution in [1.29, 1.82) is 0 Å². The molecule has 0 atom stereocenters. The monoisotopic (exact) mass is 280 g/mol. The number of Topliss-reactive ketones (excluding diaryl/α,β-unsaturated/α-hetero) is 1. The lowest BCUT2D eigenvalue weighted by Gasteiger charge is -2.30. The van der Waals surface area contributed by atoms with Gasteiger partial charge in [0.1, 0.15) is 0 Å². The van der Waals surface area contributed by atoms with E-state index in [0.717, 1.165) is 0 Å². The number of rotatable bonds is 3. The van der Waals surface area contributed by atoms with Gasteiger partial charge in [0.05, 0.1) is 9.75 Å². The van der Waals surface area contributed by atoms with Gasteiger partial charge in [-0.1, -0.05) is 0 Å². The molecule has 0 unspecified atom stereocenters. The Morgan fingerprint density at radius 2 is 1.79 bits per heavy atom. The number of ketones is 1. The highest BCUT2D eigenvalue weighted by molar-refractivity contribution is 7.15. The maximum Gasteiger partial charge on any atom is 0.263 e. The molecular weight excluding hydrogens is 264 g/mol.